The van der Waals surface area contributed by atoms with E-state index in [2.05, 4.69) is 30.2 Å². The Bertz CT molecular complexity index is 652. The number of allylic oxidation sites excluding steroid dienone is 2. The average molecular weight is 344 g/mol. The number of oxime groups is 2. The van der Waals surface area contributed by atoms with E-state index >= 15 is 0 Å². The molecule has 4 aliphatic rings. The van der Waals surface area contributed by atoms with Crippen LogP contribution in [-0.2, 0) is 0 Å². The molecule has 0 saturated heterocycles. The van der Waals surface area contributed by atoms with Gasteiger partial charge in [-0.1, -0.05) is 29.7 Å². The van der Waals surface area contributed by atoms with Crippen molar-refractivity contribution in [2.24, 2.45) is 44.8 Å². The van der Waals surface area contributed by atoms with Gasteiger partial charge in [-0.3, -0.25) is 0 Å². The van der Waals surface area contributed by atoms with Gasteiger partial charge in [0.2, 0.25) is 0 Å². The van der Waals surface area contributed by atoms with E-state index in [1.54, 1.807) is 0 Å². The lowest BCUT2D eigenvalue weighted by Gasteiger charge is -2.58. The van der Waals surface area contributed by atoms with Crippen LogP contribution >= 0.6 is 0 Å². The number of nitrogens with zero attached hydrogens (tertiary/aromatic N) is 2. The quantitative estimate of drug-likeness (QED) is 0.388. The van der Waals surface area contributed by atoms with E-state index in [9.17, 15) is 10.4 Å². The molecule has 2 N–H and O–H groups in total. The molecule has 0 heterocycles. The largest absolute Gasteiger partial charge is 0.411 e. The molecule has 4 rings (SSSR count). The molecule has 6 unspecified atom stereocenters. The summed E-state index contributed by atoms with van der Waals surface area (Å²) in [5.41, 5.74) is 3.92. The molecule has 3 saturated carbocycles. The average Bonchev–Trinajstić information content (AvgIpc) is 2.97. The maximum Gasteiger partial charge on any atom is 0.0795 e. The monoisotopic (exact) mass is 344 g/mol. The lowest BCUT2D eigenvalue weighted by atomic mass is 9.46. The van der Waals surface area contributed by atoms with Crippen LogP contribution in [0.1, 0.15) is 72.1 Å². The van der Waals surface area contributed by atoms with Crippen molar-refractivity contribution in [3.8, 4) is 0 Å². The molecule has 0 spiro atoms. The van der Waals surface area contributed by atoms with Crippen LogP contribution in [0.15, 0.2) is 22.0 Å². The van der Waals surface area contributed by atoms with Crippen LogP contribution in [0.5, 0.6) is 0 Å². The van der Waals surface area contributed by atoms with Gasteiger partial charge < -0.3 is 10.4 Å². The second kappa shape index (κ2) is 5.85. The van der Waals surface area contributed by atoms with Gasteiger partial charge >= 0.3 is 0 Å². The maximum absolute atomic E-state index is 9.32. The molecule has 0 radical (unpaired) electrons. The molecule has 25 heavy (non-hydrogen) atoms. The van der Waals surface area contributed by atoms with Crippen molar-refractivity contribution in [2.45, 2.75) is 72.1 Å². The maximum atomic E-state index is 9.32. The minimum Gasteiger partial charge on any atom is -0.411 e. The summed E-state index contributed by atoms with van der Waals surface area (Å²) < 4.78 is 0. The lowest BCUT2D eigenvalue weighted by Crippen LogP contribution is -2.51. The van der Waals surface area contributed by atoms with Crippen molar-refractivity contribution in [3.05, 3.63) is 11.6 Å². The molecule has 6 atom stereocenters. The van der Waals surface area contributed by atoms with Gasteiger partial charge in [0, 0.05) is 5.92 Å². The van der Waals surface area contributed by atoms with Gasteiger partial charge in [0.15, 0.2) is 0 Å². The highest BCUT2D eigenvalue weighted by Gasteiger charge is 2.59. The number of fused-ring (bicyclic) bond motifs is 5. The normalized spacial score (nSPS) is 48.5. The van der Waals surface area contributed by atoms with Crippen LogP contribution < -0.4 is 0 Å². The first kappa shape index (κ1) is 17.1. The summed E-state index contributed by atoms with van der Waals surface area (Å²) in [5.74, 6) is 2.77. The number of hydrogen-bond donors (Lipinski definition) is 2. The third-order valence-electron chi connectivity index (χ3n) is 8.77. The Kier molecular flexibility index (Phi) is 4.01. The third-order valence-corrected chi connectivity index (χ3v) is 8.77. The highest BCUT2D eigenvalue weighted by Crippen LogP contribution is 2.66. The minimum atomic E-state index is 0.288. The Hall–Kier alpha value is -1.32. The van der Waals surface area contributed by atoms with E-state index in [4.69, 9.17) is 0 Å². The van der Waals surface area contributed by atoms with Crippen molar-refractivity contribution in [1.82, 2.24) is 0 Å². The van der Waals surface area contributed by atoms with Crippen LogP contribution in [0.3, 0.4) is 0 Å². The molecule has 138 valence electrons. The molecular formula is C21H32N2O2. The summed E-state index contributed by atoms with van der Waals surface area (Å²) in [7, 11) is 0. The SMILES string of the molecule is C/C(=N/O)C1CCC2C3CCC4=C/C(=N/O)CCC4(C)C3CCC12C. The first-order chi connectivity index (χ1) is 11.9. The molecule has 4 nitrogen and oxygen atoms in total. The number of rotatable bonds is 1. The fraction of sp³-hybridized carbons (Fsp3) is 0.810. The second-order valence-corrected chi connectivity index (χ2v) is 9.51. The van der Waals surface area contributed by atoms with Crippen LogP contribution in [0.2, 0.25) is 0 Å². The zero-order valence-electron chi connectivity index (χ0n) is 15.8. The fourth-order valence-corrected chi connectivity index (χ4v) is 7.41. The zero-order valence-corrected chi connectivity index (χ0v) is 15.8. The standard InChI is InChI=1S/C21H32N2O2/c1-13(22-24)17-6-7-18-16-5-4-14-12-15(23-25)8-10-20(14,2)19(16)9-11-21(17,18)3/h12,16-19,24-25H,4-11H2,1-3H3/b22-13-,23-15+. The summed E-state index contributed by atoms with van der Waals surface area (Å²) in [6, 6.07) is 0. The van der Waals surface area contributed by atoms with Crippen LogP contribution in [0.25, 0.3) is 0 Å². The van der Waals surface area contributed by atoms with Crippen molar-refractivity contribution in [3.63, 3.8) is 0 Å². The first-order valence-electron chi connectivity index (χ1n) is 10.0. The summed E-state index contributed by atoms with van der Waals surface area (Å²) in [6.07, 6.45) is 11.6. The minimum absolute atomic E-state index is 0.288. The third kappa shape index (κ3) is 2.32. The fourth-order valence-electron chi connectivity index (χ4n) is 7.41. The van der Waals surface area contributed by atoms with Crippen LogP contribution in [0, 0.1) is 34.5 Å². The molecular weight excluding hydrogens is 312 g/mol. The molecule has 4 aliphatic carbocycles. The van der Waals surface area contributed by atoms with E-state index < -0.39 is 0 Å². The smallest absolute Gasteiger partial charge is 0.0795 e. The Morgan fingerprint density at radius 3 is 2.56 bits per heavy atom. The lowest BCUT2D eigenvalue weighted by molar-refractivity contribution is -0.0410. The summed E-state index contributed by atoms with van der Waals surface area (Å²) in [4.78, 5) is 0. The Morgan fingerprint density at radius 1 is 1.04 bits per heavy atom. The first-order valence-corrected chi connectivity index (χ1v) is 10.0. The van der Waals surface area contributed by atoms with E-state index in [1.165, 1.54) is 37.7 Å². The van der Waals surface area contributed by atoms with Gasteiger partial charge in [-0.2, -0.15) is 0 Å². The molecule has 0 aliphatic heterocycles. The zero-order chi connectivity index (χ0) is 17.8. The molecule has 0 aromatic carbocycles. The van der Waals surface area contributed by atoms with E-state index in [1.807, 2.05) is 6.92 Å². The van der Waals surface area contributed by atoms with Crippen molar-refractivity contribution in [2.75, 3.05) is 0 Å². The van der Waals surface area contributed by atoms with Gasteiger partial charge in [0.1, 0.15) is 0 Å². The van der Waals surface area contributed by atoms with Crippen molar-refractivity contribution in [1.29, 1.82) is 0 Å². The predicted molar refractivity (Wildman–Crippen MR) is 99.3 cm³/mol. The van der Waals surface area contributed by atoms with Crippen molar-refractivity contribution < 1.29 is 10.4 Å². The molecule has 0 amide bonds. The predicted octanol–water partition coefficient (Wildman–Crippen LogP) is 5.25. The van der Waals surface area contributed by atoms with E-state index in [0.29, 0.717) is 11.3 Å². The van der Waals surface area contributed by atoms with Crippen molar-refractivity contribution >= 4 is 11.4 Å². The molecule has 0 bridgehead atoms. The summed E-state index contributed by atoms with van der Waals surface area (Å²) in [6.45, 7) is 6.94. The summed E-state index contributed by atoms with van der Waals surface area (Å²) >= 11 is 0. The topological polar surface area (TPSA) is 65.2 Å². The van der Waals surface area contributed by atoms with Gasteiger partial charge in [-0.15, -0.1) is 0 Å². The second-order valence-electron chi connectivity index (χ2n) is 9.51. The molecule has 3 fully saturated rings. The van der Waals surface area contributed by atoms with Crippen LogP contribution in [-0.4, -0.2) is 21.8 Å². The Balaban J connectivity index is 1.65. The van der Waals surface area contributed by atoms with Gasteiger partial charge in [-0.05, 0) is 93.0 Å². The van der Waals surface area contributed by atoms with Gasteiger partial charge in [-0.25, -0.2) is 0 Å². The highest BCUT2D eigenvalue weighted by atomic mass is 16.4. The van der Waals surface area contributed by atoms with E-state index in [-0.39, 0.29) is 5.41 Å². The molecule has 0 aromatic rings. The highest BCUT2D eigenvalue weighted by molar-refractivity contribution is 5.96. The van der Waals surface area contributed by atoms with Crippen LogP contribution in [0.4, 0.5) is 0 Å². The van der Waals surface area contributed by atoms with Gasteiger partial charge in [0.05, 0.1) is 11.4 Å². The number of hydrogen-bond acceptors (Lipinski definition) is 4. The molecule has 0 aromatic heterocycles. The van der Waals surface area contributed by atoms with Gasteiger partial charge in [0.25, 0.3) is 0 Å². The molecule has 4 heteroatoms. The van der Waals surface area contributed by atoms with E-state index in [0.717, 1.165) is 48.4 Å². The Morgan fingerprint density at radius 2 is 1.84 bits per heavy atom. The summed E-state index contributed by atoms with van der Waals surface area (Å²) in [5, 5.41) is 25.6. The Labute approximate surface area is 151 Å².